The lowest BCUT2D eigenvalue weighted by Gasteiger charge is -2.15. The predicted octanol–water partition coefficient (Wildman–Crippen LogP) is 4.24. The molecule has 4 rings (SSSR count). The van der Waals surface area contributed by atoms with E-state index in [0.717, 1.165) is 29.6 Å². The number of nitro groups is 1. The zero-order valence-corrected chi connectivity index (χ0v) is 17.8. The number of nitrogens with zero attached hydrogens (tertiary/aromatic N) is 3. The standard InChI is InChI=1S/C21H21N5O4S/c1-12(20(27)23-17-11-14(26(28)29)9-10-18(17)30-2)31-21-24-16-6-4-3-5-15(16)19(25-21)22-13-7-8-13/h3-6,9-13H,7-8H2,1-2H3,(H,23,27)(H,22,24,25). The van der Waals surface area contributed by atoms with E-state index in [0.29, 0.717) is 16.9 Å². The number of non-ortho nitro benzene ring substituents is 1. The van der Waals surface area contributed by atoms with Crippen molar-refractivity contribution in [3.8, 4) is 5.75 Å². The Hall–Kier alpha value is -3.40. The summed E-state index contributed by atoms with van der Waals surface area (Å²) in [6.07, 6.45) is 2.23. The van der Waals surface area contributed by atoms with Gasteiger partial charge in [0.2, 0.25) is 5.91 Å². The van der Waals surface area contributed by atoms with E-state index in [9.17, 15) is 14.9 Å². The highest BCUT2D eigenvalue weighted by molar-refractivity contribution is 8.00. The molecule has 1 aromatic heterocycles. The van der Waals surface area contributed by atoms with Crippen LogP contribution in [0.2, 0.25) is 0 Å². The Balaban J connectivity index is 1.53. The van der Waals surface area contributed by atoms with E-state index in [1.165, 1.54) is 37.1 Å². The Bertz CT molecular complexity index is 1150. The third-order valence-electron chi connectivity index (χ3n) is 4.80. The molecule has 1 heterocycles. The molecule has 1 amide bonds. The maximum absolute atomic E-state index is 12.8. The summed E-state index contributed by atoms with van der Waals surface area (Å²) in [7, 11) is 1.44. The SMILES string of the molecule is COc1ccc([N+](=O)[O-])cc1NC(=O)C(C)Sc1nc(NC2CC2)c2ccccc2n1. The number of methoxy groups -OCH3 is 1. The van der Waals surface area contributed by atoms with Gasteiger partial charge in [-0.05, 0) is 38.0 Å². The summed E-state index contributed by atoms with van der Waals surface area (Å²) in [6.45, 7) is 1.73. The summed E-state index contributed by atoms with van der Waals surface area (Å²) < 4.78 is 5.21. The topological polar surface area (TPSA) is 119 Å². The van der Waals surface area contributed by atoms with E-state index in [4.69, 9.17) is 4.74 Å². The van der Waals surface area contributed by atoms with Gasteiger partial charge in [0, 0.05) is 23.6 Å². The van der Waals surface area contributed by atoms with Crippen molar-refractivity contribution in [3.05, 3.63) is 52.6 Å². The first-order valence-electron chi connectivity index (χ1n) is 9.78. The van der Waals surface area contributed by atoms with Crippen molar-refractivity contribution in [2.75, 3.05) is 17.7 Å². The number of carbonyl (C=O) groups is 1. The number of anilines is 2. The van der Waals surface area contributed by atoms with E-state index in [-0.39, 0.29) is 17.3 Å². The van der Waals surface area contributed by atoms with Crippen LogP contribution < -0.4 is 15.4 Å². The fraction of sp³-hybridized carbons (Fsp3) is 0.286. The highest BCUT2D eigenvalue weighted by Gasteiger charge is 2.24. The molecule has 0 saturated heterocycles. The summed E-state index contributed by atoms with van der Waals surface area (Å²) >= 11 is 1.22. The van der Waals surface area contributed by atoms with Gasteiger partial charge in [-0.1, -0.05) is 23.9 Å². The molecule has 1 aliphatic rings. The second-order valence-corrected chi connectivity index (χ2v) is 8.49. The molecule has 9 nitrogen and oxygen atoms in total. The summed E-state index contributed by atoms with van der Waals surface area (Å²) in [5.74, 6) is 0.773. The normalized spacial score (nSPS) is 14.1. The van der Waals surface area contributed by atoms with Crippen LogP contribution in [0.15, 0.2) is 47.6 Å². The number of aromatic nitrogens is 2. The van der Waals surface area contributed by atoms with Crippen molar-refractivity contribution in [3.63, 3.8) is 0 Å². The zero-order valence-electron chi connectivity index (χ0n) is 17.0. The van der Waals surface area contributed by atoms with Crippen LogP contribution in [0.3, 0.4) is 0 Å². The van der Waals surface area contributed by atoms with Crippen LogP contribution in [0, 0.1) is 10.1 Å². The molecule has 160 valence electrons. The van der Waals surface area contributed by atoms with Gasteiger partial charge in [-0.15, -0.1) is 0 Å². The molecular formula is C21H21N5O4S. The van der Waals surface area contributed by atoms with E-state index < -0.39 is 10.2 Å². The van der Waals surface area contributed by atoms with Crippen molar-refractivity contribution in [2.24, 2.45) is 0 Å². The number of thioether (sulfide) groups is 1. The van der Waals surface area contributed by atoms with Crippen molar-refractivity contribution in [1.82, 2.24) is 9.97 Å². The van der Waals surface area contributed by atoms with Gasteiger partial charge in [-0.25, -0.2) is 9.97 Å². The van der Waals surface area contributed by atoms with Crippen LogP contribution in [-0.2, 0) is 4.79 Å². The van der Waals surface area contributed by atoms with Gasteiger partial charge in [0.05, 0.1) is 28.5 Å². The Morgan fingerprint density at radius 2 is 2.03 bits per heavy atom. The van der Waals surface area contributed by atoms with E-state index in [1.54, 1.807) is 6.92 Å². The van der Waals surface area contributed by atoms with Crippen LogP contribution in [-0.4, -0.2) is 39.2 Å². The summed E-state index contributed by atoms with van der Waals surface area (Å²) in [5, 5.41) is 18.1. The molecule has 1 fully saturated rings. The molecule has 1 atom stereocenters. The maximum Gasteiger partial charge on any atom is 0.271 e. The largest absolute Gasteiger partial charge is 0.495 e. The van der Waals surface area contributed by atoms with Gasteiger partial charge in [0.25, 0.3) is 5.69 Å². The van der Waals surface area contributed by atoms with Crippen LogP contribution >= 0.6 is 11.8 Å². The average Bonchev–Trinajstić information content (AvgIpc) is 3.57. The fourth-order valence-corrected chi connectivity index (χ4v) is 3.77. The highest BCUT2D eigenvalue weighted by Crippen LogP contribution is 2.32. The number of benzene rings is 2. The summed E-state index contributed by atoms with van der Waals surface area (Å²) in [4.78, 5) is 32.5. The minimum atomic E-state index is -0.543. The molecule has 1 unspecified atom stereocenters. The van der Waals surface area contributed by atoms with Crippen LogP contribution in [0.4, 0.5) is 17.2 Å². The third-order valence-corrected chi connectivity index (χ3v) is 5.77. The van der Waals surface area contributed by atoms with Gasteiger partial charge in [-0.2, -0.15) is 0 Å². The number of ether oxygens (including phenoxy) is 1. The Morgan fingerprint density at radius 1 is 1.26 bits per heavy atom. The molecule has 0 radical (unpaired) electrons. The van der Waals surface area contributed by atoms with E-state index in [1.807, 2.05) is 24.3 Å². The number of carbonyl (C=O) groups excluding carboxylic acids is 1. The lowest BCUT2D eigenvalue weighted by atomic mass is 10.2. The smallest absolute Gasteiger partial charge is 0.271 e. The molecule has 10 heteroatoms. The molecule has 0 aliphatic heterocycles. The summed E-state index contributed by atoms with van der Waals surface area (Å²) in [5.41, 5.74) is 0.908. The van der Waals surface area contributed by atoms with Gasteiger partial charge < -0.3 is 15.4 Å². The van der Waals surface area contributed by atoms with Gasteiger partial charge in [0.15, 0.2) is 5.16 Å². The number of nitrogens with one attached hydrogen (secondary N) is 2. The minimum absolute atomic E-state index is 0.134. The number of amides is 1. The van der Waals surface area contributed by atoms with Gasteiger partial charge >= 0.3 is 0 Å². The Kier molecular flexibility index (Phi) is 5.90. The van der Waals surface area contributed by atoms with Crippen molar-refractivity contribution in [1.29, 1.82) is 0 Å². The first-order valence-corrected chi connectivity index (χ1v) is 10.7. The Labute approximate surface area is 182 Å². The second-order valence-electron chi connectivity index (χ2n) is 7.18. The van der Waals surface area contributed by atoms with Crippen LogP contribution in [0.5, 0.6) is 5.75 Å². The molecule has 3 aromatic rings. The lowest BCUT2D eigenvalue weighted by Crippen LogP contribution is -2.23. The molecule has 0 bridgehead atoms. The number of rotatable bonds is 8. The minimum Gasteiger partial charge on any atom is -0.495 e. The predicted molar refractivity (Wildman–Crippen MR) is 120 cm³/mol. The van der Waals surface area contributed by atoms with Gasteiger partial charge in [-0.3, -0.25) is 14.9 Å². The molecule has 1 aliphatic carbocycles. The maximum atomic E-state index is 12.8. The number of fused-ring (bicyclic) bond motifs is 1. The molecule has 0 spiro atoms. The van der Waals surface area contributed by atoms with Crippen LogP contribution in [0.1, 0.15) is 19.8 Å². The average molecular weight is 439 g/mol. The molecule has 31 heavy (non-hydrogen) atoms. The third kappa shape index (κ3) is 4.85. The molecule has 2 aromatic carbocycles. The quantitative estimate of drug-likeness (QED) is 0.231. The molecule has 1 saturated carbocycles. The van der Waals surface area contributed by atoms with Crippen molar-refractivity contribution >= 4 is 45.8 Å². The Morgan fingerprint density at radius 3 is 2.74 bits per heavy atom. The van der Waals surface area contributed by atoms with Crippen molar-refractivity contribution < 1.29 is 14.5 Å². The lowest BCUT2D eigenvalue weighted by molar-refractivity contribution is -0.384. The number of nitro benzene ring substituents is 1. The molecule has 2 N–H and O–H groups in total. The van der Waals surface area contributed by atoms with Gasteiger partial charge in [0.1, 0.15) is 11.6 Å². The zero-order chi connectivity index (χ0) is 22.0. The highest BCUT2D eigenvalue weighted by atomic mass is 32.2. The fourth-order valence-electron chi connectivity index (χ4n) is 2.99. The van der Waals surface area contributed by atoms with Crippen LogP contribution in [0.25, 0.3) is 10.9 Å². The van der Waals surface area contributed by atoms with E-state index in [2.05, 4.69) is 20.6 Å². The second kappa shape index (κ2) is 8.76. The monoisotopic (exact) mass is 439 g/mol. The van der Waals surface area contributed by atoms with Crippen molar-refractivity contribution in [2.45, 2.75) is 36.2 Å². The number of hydrogen-bond acceptors (Lipinski definition) is 8. The molecular weight excluding hydrogens is 418 g/mol. The first kappa shape index (κ1) is 20.9. The summed E-state index contributed by atoms with van der Waals surface area (Å²) in [6, 6.07) is 12.2. The number of hydrogen-bond donors (Lipinski definition) is 2. The van der Waals surface area contributed by atoms with E-state index >= 15 is 0 Å². The first-order chi connectivity index (χ1) is 14.9. The number of para-hydroxylation sites is 1.